The van der Waals surface area contributed by atoms with E-state index in [4.69, 9.17) is 5.73 Å². The number of hydrogen-bond donors (Lipinski definition) is 2. The second-order valence-corrected chi connectivity index (χ2v) is 5.30. The average molecular weight is 233 g/mol. The van der Waals surface area contributed by atoms with Crippen LogP contribution in [-0.2, 0) is 0 Å². The predicted octanol–water partition coefficient (Wildman–Crippen LogP) is 2.56. The first-order chi connectivity index (χ1) is 8.12. The van der Waals surface area contributed by atoms with E-state index in [1.165, 1.54) is 25.7 Å². The molecule has 0 aromatic heterocycles. The molecule has 0 saturated heterocycles. The van der Waals surface area contributed by atoms with Crippen molar-refractivity contribution < 1.29 is 0 Å². The van der Waals surface area contributed by atoms with Gasteiger partial charge < -0.3 is 16.0 Å². The SMILES string of the molecule is CN(C)C1(CNc2ccc(N)cc2)CCCC1. The van der Waals surface area contributed by atoms with E-state index in [-0.39, 0.29) is 0 Å². The first-order valence-electron chi connectivity index (χ1n) is 6.39. The largest absolute Gasteiger partial charge is 0.399 e. The van der Waals surface area contributed by atoms with Gasteiger partial charge in [-0.2, -0.15) is 0 Å². The van der Waals surface area contributed by atoms with Gasteiger partial charge in [0.15, 0.2) is 0 Å². The zero-order chi connectivity index (χ0) is 12.3. The summed E-state index contributed by atoms with van der Waals surface area (Å²) in [6.45, 7) is 1.02. The number of likely N-dealkylation sites (N-methyl/N-ethyl adjacent to an activating group) is 1. The van der Waals surface area contributed by atoms with Crippen LogP contribution < -0.4 is 11.1 Å². The maximum atomic E-state index is 5.68. The Morgan fingerprint density at radius 1 is 1.18 bits per heavy atom. The van der Waals surface area contributed by atoms with Gasteiger partial charge in [-0.05, 0) is 51.2 Å². The number of nitrogens with one attached hydrogen (secondary N) is 1. The lowest BCUT2D eigenvalue weighted by Gasteiger charge is -2.36. The fourth-order valence-electron chi connectivity index (χ4n) is 2.68. The number of benzene rings is 1. The molecule has 0 heterocycles. The van der Waals surface area contributed by atoms with Gasteiger partial charge >= 0.3 is 0 Å². The van der Waals surface area contributed by atoms with Crippen LogP contribution in [-0.4, -0.2) is 31.1 Å². The van der Waals surface area contributed by atoms with E-state index in [9.17, 15) is 0 Å². The highest BCUT2D eigenvalue weighted by molar-refractivity contribution is 5.51. The lowest BCUT2D eigenvalue weighted by Crippen LogP contribution is -2.47. The molecule has 1 saturated carbocycles. The van der Waals surface area contributed by atoms with E-state index in [2.05, 4.69) is 24.3 Å². The van der Waals surface area contributed by atoms with Gasteiger partial charge in [0.1, 0.15) is 0 Å². The Balaban J connectivity index is 1.98. The molecule has 0 spiro atoms. The Kier molecular flexibility index (Phi) is 3.57. The summed E-state index contributed by atoms with van der Waals surface area (Å²) >= 11 is 0. The summed E-state index contributed by atoms with van der Waals surface area (Å²) in [5.74, 6) is 0. The standard InChI is InChI=1S/C14H23N3/c1-17(2)14(9-3-4-10-14)11-16-13-7-5-12(15)6-8-13/h5-8,16H,3-4,9-11,15H2,1-2H3. The number of anilines is 2. The van der Waals surface area contributed by atoms with Gasteiger partial charge in [-0.3, -0.25) is 0 Å². The zero-order valence-corrected chi connectivity index (χ0v) is 10.9. The lowest BCUT2D eigenvalue weighted by molar-refractivity contribution is 0.172. The molecule has 2 rings (SSSR count). The van der Waals surface area contributed by atoms with Crippen LogP contribution in [0.1, 0.15) is 25.7 Å². The summed E-state index contributed by atoms with van der Waals surface area (Å²) in [5.41, 5.74) is 8.00. The molecular formula is C14H23N3. The number of nitrogens with two attached hydrogens (primary N) is 1. The normalized spacial score (nSPS) is 18.5. The number of nitrogen functional groups attached to an aromatic ring is 1. The van der Waals surface area contributed by atoms with E-state index in [1.807, 2.05) is 24.3 Å². The van der Waals surface area contributed by atoms with Gasteiger partial charge in [0.2, 0.25) is 0 Å². The molecule has 3 nitrogen and oxygen atoms in total. The van der Waals surface area contributed by atoms with E-state index in [1.54, 1.807) is 0 Å². The van der Waals surface area contributed by atoms with Crippen molar-refractivity contribution in [1.29, 1.82) is 0 Å². The highest BCUT2D eigenvalue weighted by atomic mass is 15.2. The predicted molar refractivity (Wildman–Crippen MR) is 74.2 cm³/mol. The Hall–Kier alpha value is -1.22. The van der Waals surface area contributed by atoms with Gasteiger partial charge in [-0.1, -0.05) is 12.8 Å². The van der Waals surface area contributed by atoms with Crippen molar-refractivity contribution in [3.63, 3.8) is 0 Å². The molecule has 3 N–H and O–H groups in total. The third kappa shape index (κ3) is 2.72. The third-order valence-electron chi connectivity index (χ3n) is 4.02. The van der Waals surface area contributed by atoms with Crippen molar-refractivity contribution in [3.8, 4) is 0 Å². The Labute approximate surface area is 104 Å². The Morgan fingerprint density at radius 3 is 2.29 bits per heavy atom. The molecule has 1 aliphatic rings. The maximum Gasteiger partial charge on any atom is 0.0375 e. The number of nitrogens with zero attached hydrogens (tertiary/aromatic N) is 1. The minimum atomic E-state index is 0.335. The van der Waals surface area contributed by atoms with Crippen molar-refractivity contribution in [2.45, 2.75) is 31.2 Å². The second kappa shape index (κ2) is 4.96. The third-order valence-corrected chi connectivity index (χ3v) is 4.02. The smallest absolute Gasteiger partial charge is 0.0375 e. The van der Waals surface area contributed by atoms with E-state index < -0.39 is 0 Å². The molecule has 1 aromatic carbocycles. The van der Waals surface area contributed by atoms with Crippen molar-refractivity contribution in [3.05, 3.63) is 24.3 Å². The van der Waals surface area contributed by atoms with Gasteiger partial charge in [-0.25, -0.2) is 0 Å². The number of rotatable bonds is 4. The Bertz CT molecular complexity index is 350. The molecule has 0 atom stereocenters. The lowest BCUT2D eigenvalue weighted by atomic mass is 9.96. The molecule has 1 aromatic rings. The summed E-state index contributed by atoms with van der Waals surface area (Å²) < 4.78 is 0. The fourth-order valence-corrected chi connectivity index (χ4v) is 2.68. The fraction of sp³-hybridized carbons (Fsp3) is 0.571. The second-order valence-electron chi connectivity index (χ2n) is 5.30. The van der Waals surface area contributed by atoms with Crippen LogP contribution in [0, 0.1) is 0 Å². The summed E-state index contributed by atoms with van der Waals surface area (Å²) in [5, 5.41) is 3.54. The minimum Gasteiger partial charge on any atom is -0.399 e. The summed E-state index contributed by atoms with van der Waals surface area (Å²) in [6.07, 6.45) is 5.28. The molecule has 0 bridgehead atoms. The van der Waals surface area contributed by atoms with Crippen LogP contribution in [0.2, 0.25) is 0 Å². The van der Waals surface area contributed by atoms with E-state index >= 15 is 0 Å². The first-order valence-corrected chi connectivity index (χ1v) is 6.39. The van der Waals surface area contributed by atoms with Gasteiger partial charge in [-0.15, -0.1) is 0 Å². The highest BCUT2D eigenvalue weighted by Gasteiger charge is 2.35. The average Bonchev–Trinajstić information content (AvgIpc) is 2.78. The van der Waals surface area contributed by atoms with Crippen molar-refractivity contribution in [2.24, 2.45) is 0 Å². The molecule has 0 amide bonds. The topological polar surface area (TPSA) is 41.3 Å². The molecule has 0 radical (unpaired) electrons. The van der Waals surface area contributed by atoms with Crippen LogP contribution in [0.15, 0.2) is 24.3 Å². The number of hydrogen-bond acceptors (Lipinski definition) is 3. The summed E-state index contributed by atoms with van der Waals surface area (Å²) in [4.78, 5) is 2.38. The molecule has 94 valence electrons. The molecule has 3 heteroatoms. The van der Waals surface area contributed by atoms with Crippen molar-refractivity contribution >= 4 is 11.4 Å². The van der Waals surface area contributed by atoms with Gasteiger partial charge in [0.05, 0.1) is 0 Å². The van der Waals surface area contributed by atoms with Crippen molar-refractivity contribution in [1.82, 2.24) is 4.90 Å². The van der Waals surface area contributed by atoms with E-state index in [0.29, 0.717) is 5.54 Å². The zero-order valence-electron chi connectivity index (χ0n) is 10.9. The van der Waals surface area contributed by atoms with Crippen LogP contribution >= 0.6 is 0 Å². The van der Waals surface area contributed by atoms with Crippen molar-refractivity contribution in [2.75, 3.05) is 31.7 Å². The molecule has 17 heavy (non-hydrogen) atoms. The van der Waals surface area contributed by atoms with Crippen LogP contribution in [0.4, 0.5) is 11.4 Å². The van der Waals surface area contributed by atoms with Crippen LogP contribution in [0.25, 0.3) is 0 Å². The van der Waals surface area contributed by atoms with Gasteiger partial charge in [0.25, 0.3) is 0 Å². The van der Waals surface area contributed by atoms with Crippen LogP contribution in [0.5, 0.6) is 0 Å². The molecule has 1 fully saturated rings. The van der Waals surface area contributed by atoms with Gasteiger partial charge in [0, 0.05) is 23.5 Å². The first kappa shape index (κ1) is 12.2. The molecular weight excluding hydrogens is 210 g/mol. The Morgan fingerprint density at radius 2 is 1.76 bits per heavy atom. The maximum absolute atomic E-state index is 5.68. The monoisotopic (exact) mass is 233 g/mol. The molecule has 0 unspecified atom stereocenters. The van der Waals surface area contributed by atoms with E-state index in [0.717, 1.165) is 17.9 Å². The summed E-state index contributed by atoms with van der Waals surface area (Å²) in [7, 11) is 4.38. The summed E-state index contributed by atoms with van der Waals surface area (Å²) in [6, 6.07) is 7.99. The van der Waals surface area contributed by atoms with Crippen LogP contribution in [0.3, 0.4) is 0 Å². The minimum absolute atomic E-state index is 0.335. The highest BCUT2D eigenvalue weighted by Crippen LogP contribution is 2.33. The molecule has 0 aliphatic heterocycles. The molecule has 1 aliphatic carbocycles. The quantitative estimate of drug-likeness (QED) is 0.785.